The third-order valence-electron chi connectivity index (χ3n) is 1.81. The van der Waals surface area contributed by atoms with Crippen LogP contribution >= 0.6 is 15.9 Å². The molecule has 3 nitrogen and oxygen atoms in total. The first-order valence-corrected chi connectivity index (χ1v) is 4.79. The number of carbonyl (C=O) groups is 1. The van der Waals surface area contributed by atoms with E-state index < -0.39 is 11.9 Å². The molecule has 4 heteroatoms. The predicted octanol–water partition coefficient (Wildman–Crippen LogP) is 2.53. The fraction of sp³-hybridized carbons (Fsp3) is 0.200. The predicted molar refractivity (Wildman–Crippen MR) is 54.7 cm³/mol. The summed E-state index contributed by atoms with van der Waals surface area (Å²) in [4.78, 5) is 10.4. The van der Waals surface area contributed by atoms with Crippen molar-refractivity contribution >= 4 is 21.9 Å². The number of carboxylic acid groups (broad SMARTS) is 1. The van der Waals surface area contributed by atoms with Gasteiger partial charge in [-0.25, -0.2) is 0 Å². The highest BCUT2D eigenvalue weighted by atomic mass is 79.9. The minimum atomic E-state index is -0.959. The van der Waals surface area contributed by atoms with E-state index in [1.165, 1.54) is 0 Å². The van der Waals surface area contributed by atoms with Gasteiger partial charge >= 0.3 is 5.97 Å². The number of hydrogen-bond donors (Lipinski definition) is 1. The highest BCUT2D eigenvalue weighted by Crippen LogP contribution is 2.20. The van der Waals surface area contributed by atoms with Crippen LogP contribution in [0.15, 0.2) is 28.7 Å². The summed E-state index contributed by atoms with van der Waals surface area (Å²) >= 11 is 3.27. The van der Waals surface area contributed by atoms with Crippen molar-refractivity contribution in [3.05, 3.63) is 34.3 Å². The molecule has 0 amide bonds. The number of carboxylic acids is 1. The Balaban J connectivity index is 2.85. The van der Waals surface area contributed by atoms with Crippen molar-refractivity contribution in [1.82, 2.24) is 0 Å². The Bertz CT molecular complexity index is 367. The molecular formula is C10H8BrNO2. The van der Waals surface area contributed by atoms with E-state index in [9.17, 15) is 4.79 Å². The molecule has 1 aromatic rings. The molecular weight excluding hydrogens is 246 g/mol. The molecule has 1 rings (SSSR count). The molecule has 0 radical (unpaired) electrons. The second-order valence-electron chi connectivity index (χ2n) is 2.83. The Labute approximate surface area is 90.1 Å². The molecule has 0 bridgehead atoms. The fourth-order valence-corrected chi connectivity index (χ4v) is 1.37. The molecule has 1 atom stereocenters. The normalized spacial score (nSPS) is 11.7. The molecule has 0 aliphatic rings. The maximum absolute atomic E-state index is 10.4. The lowest BCUT2D eigenvalue weighted by atomic mass is 9.98. The molecule has 0 saturated carbocycles. The summed E-state index contributed by atoms with van der Waals surface area (Å²) in [6.45, 7) is 0. The summed E-state index contributed by atoms with van der Waals surface area (Å²) in [5.41, 5.74) is 0.734. The summed E-state index contributed by atoms with van der Waals surface area (Å²) in [7, 11) is 0. The average Bonchev–Trinajstić information content (AvgIpc) is 2.15. The van der Waals surface area contributed by atoms with Gasteiger partial charge < -0.3 is 5.11 Å². The smallest absolute Gasteiger partial charge is 0.305 e. The molecule has 14 heavy (non-hydrogen) atoms. The Morgan fingerprint density at radius 2 is 2.07 bits per heavy atom. The number of rotatable bonds is 3. The van der Waals surface area contributed by atoms with Gasteiger partial charge in [-0.15, -0.1) is 0 Å². The third kappa shape index (κ3) is 2.86. The summed E-state index contributed by atoms with van der Waals surface area (Å²) in [6, 6.07) is 9.06. The minimum absolute atomic E-state index is 0.155. The summed E-state index contributed by atoms with van der Waals surface area (Å²) in [5, 5.41) is 17.3. The molecule has 0 fully saturated rings. The van der Waals surface area contributed by atoms with Gasteiger partial charge in [0, 0.05) is 4.47 Å². The van der Waals surface area contributed by atoms with E-state index in [4.69, 9.17) is 10.4 Å². The molecule has 72 valence electrons. The summed E-state index contributed by atoms with van der Waals surface area (Å²) < 4.78 is 0.910. The van der Waals surface area contributed by atoms with E-state index in [0.29, 0.717) is 0 Å². The number of nitrogens with zero attached hydrogens (tertiary/aromatic N) is 1. The van der Waals surface area contributed by atoms with E-state index >= 15 is 0 Å². The maximum atomic E-state index is 10.4. The van der Waals surface area contributed by atoms with Gasteiger partial charge in [0.1, 0.15) is 0 Å². The Kier molecular flexibility index (Phi) is 3.66. The van der Waals surface area contributed by atoms with Crippen LogP contribution in [0.5, 0.6) is 0 Å². The third-order valence-corrected chi connectivity index (χ3v) is 2.34. The van der Waals surface area contributed by atoms with Gasteiger partial charge in [0.15, 0.2) is 0 Å². The lowest BCUT2D eigenvalue weighted by Crippen LogP contribution is -2.04. The fourth-order valence-electron chi connectivity index (χ4n) is 1.11. The largest absolute Gasteiger partial charge is 0.481 e. The number of benzene rings is 1. The van der Waals surface area contributed by atoms with Gasteiger partial charge in [-0.1, -0.05) is 28.1 Å². The highest BCUT2D eigenvalue weighted by molar-refractivity contribution is 9.10. The van der Waals surface area contributed by atoms with Crippen molar-refractivity contribution in [3.63, 3.8) is 0 Å². The Morgan fingerprint density at radius 1 is 1.50 bits per heavy atom. The van der Waals surface area contributed by atoms with E-state index in [-0.39, 0.29) is 6.42 Å². The molecule has 0 unspecified atom stereocenters. The van der Waals surface area contributed by atoms with Gasteiger partial charge in [0.05, 0.1) is 18.4 Å². The molecule has 1 aromatic carbocycles. The zero-order valence-corrected chi connectivity index (χ0v) is 8.86. The van der Waals surface area contributed by atoms with E-state index in [1.54, 1.807) is 24.3 Å². The van der Waals surface area contributed by atoms with Crippen LogP contribution in [0.1, 0.15) is 17.9 Å². The van der Waals surface area contributed by atoms with Crippen LogP contribution in [-0.2, 0) is 4.79 Å². The zero-order valence-electron chi connectivity index (χ0n) is 7.27. The zero-order chi connectivity index (χ0) is 10.6. The second kappa shape index (κ2) is 4.77. The average molecular weight is 254 g/mol. The van der Waals surface area contributed by atoms with Crippen molar-refractivity contribution in [1.29, 1.82) is 5.26 Å². The van der Waals surface area contributed by atoms with Crippen molar-refractivity contribution < 1.29 is 9.90 Å². The standard InChI is InChI=1S/C10H8BrNO2/c11-9-3-1-7(2-4-9)8(6-12)5-10(13)14/h1-4,8H,5H2,(H,13,14)/t8-/m0/s1. The molecule has 0 saturated heterocycles. The van der Waals surface area contributed by atoms with Crippen LogP contribution in [0.4, 0.5) is 0 Å². The van der Waals surface area contributed by atoms with Gasteiger partial charge in [0.2, 0.25) is 0 Å². The molecule has 0 aliphatic carbocycles. The van der Waals surface area contributed by atoms with Crippen molar-refractivity contribution in [2.75, 3.05) is 0 Å². The number of hydrogen-bond acceptors (Lipinski definition) is 2. The van der Waals surface area contributed by atoms with Crippen molar-refractivity contribution in [3.8, 4) is 6.07 Å². The maximum Gasteiger partial charge on any atom is 0.305 e. The van der Waals surface area contributed by atoms with Crippen LogP contribution in [0.25, 0.3) is 0 Å². The van der Waals surface area contributed by atoms with Crippen LogP contribution < -0.4 is 0 Å². The first-order valence-electron chi connectivity index (χ1n) is 4.00. The Morgan fingerprint density at radius 3 is 2.50 bits per heavy atom. The summed E-state index contributed by atoms with van der Waals surface area (Å²) in [6.07, 6.45) is -0.155. The first kappa shape index (κ1) is 10.7. The van der Waals surface area contributed by atoms with Crippen molar-refractivity contribution in [2.24, 2.45) is 0 Å². The minimum Gasteiger partial charge on any atom is -0.481 e. The van der Waals surface area contributed by atoms with Crippen LogP contribution in [-0.4, -0.2) is 11.1 Å². The molecule has 0 heterocycles. The van der Waals surface area contributed by atoms with E-state index in [2.05, 4.69) is 15.9 Å². The van der Waals surface area contributed by atoms with Crippen molar-refractivity contribution in [2.45, 2.75) is 12.3 Å². The Hall–Kier alpha value is -1.34. The van der Waals surface area contributed by atoms with Crippen LogP contribution in [0.3, 0.4) is 0 Å². The molecule has 0 aromatic heterocycles. The van der Waals surface area contributed by atoms with E-state index in [0.717, 1.165) is 10.0 Å². The van der Waals surface area contributed by atoms with Gasteiger partial charge in [-0.05, 0) is 17.7 Å². The van der Waals surface area contributed by atoms with Crippen LogP contribution in [0.2, 0.25) is 0 Å². The monoisotopic (exact) mass is 253 g/mol. The van der Waals surface area contributed by atoms with Gasteiger partial charge in [-0.3, -0.25) is 4.79 Å². The van der Waals surface area contributed by atoms with Crippen LogP contribution in [0, 0.1) is 11.3 Å². The lowest BCUT2D eigenvalue weighted by Gasteiger charge is -2.05. The summed E-state index contributed by atoms with van der Waals surface area (Å²) in [5.74, 6) is -1.53. The topological polar surface area (TPSA) is 61.1 Å². The molecule has 0 aliphatic heterocycles. The number of nitriles is 1. The highest BCUT2D eigenvalue weighted by Gasteiger charge is 2.14. The second-order valence-corrected chi connectivity index (χ2v) is 3.75. The van der Waals surface area contributed by atoms with Gasteiger partial charge in [-0.2, -0.15) is 5.26 Å². The molecule has 0 spiro atoms. The first-order chi connectivity index (χ1) is 6.63. The van der Waals surface area contributed by atoms with Gasteiger partial charge in [0.25, 0.3) is 0 Å². The number of halogens is 1. The lowest BCUT2D eigenvalue weighted by molar-refractivity contribution is -0.137. The van der Waals surface area contributed by atoms with E-state index in [1.807, 2.05) is 6.07 Å². The SMILES string of the molecule is N#C[C@H](CC(=O)O)c1ccc(Br)cc1. The number of aliphatic carboxylic acids is 1. The molecule has 1 N–H and O–H groups in total. The quantitative estimate of drug-likeness (QED) is 0.901.